The minimum absolute atomic E-state index is 0.668. The van der Waals surface area contributed by atoms with Gasteiger partial charge < -0.3 is 15.8 Å². The van der Waals surface area contributed by atoms with E-state index in [1.165, 1.54) is 0 Å². The monoisotopic (exact) mass is 262 g/mol. The molecule has 2 rings (SSSR count). The minimum atomic E-state index is 0.668. The Labute approximate surface area is 112 Å². The molecule has 2 aromatic carbocycles. The van der Waals surface area contributed by atoms with Gasteiger partial charge in [0.25, 0.3) is 0 Å². The molecule has 0 aromatic heterocycles. The number of benzene rings is 2. The molecule has 3 N–H and O–H groups in total. The van der Waals surface area contributed by atoms with Gasteiger partial charge in [0.2, 0.25) is 0 Å². The van der Waals surface area contributed by atoms with Crippen molar-refractivity contribution in [1.29, 1.82) is 0 Å². The number of ether oxygens (including phenoxy) is 1. The molecule has 0 aliphatic carbocycles. The van der Waals surface area contributed by atoms with Crippen LogP contribution in [-0.2, 0) is 6.54 Å². The highest BCUT2D eigenvalue weighted by Crippen LogP contribution is 2.28. The number of anilines is 2. The average molecular weight is 263 g/mol. The van der Waals surface area contributed by atoms with Crippen molar-refractivity contribution < 1.29 is 4.74 Å². The maximum absolute atomic E-state index is 5.97. The molecule has 0 aliphatic rings. The number of nitrogens with one attached hydrogen (secondary N) is 1. The molecule has 0 aliphatic heterocycles. The van der Waals surface area contributed by atoms with Crippen molar-refractivity contribution in [1.82, 2.24) is 0 Å². The summed E-state index contributed by atoms with van der Waals surface area (Å²) in [5.74, 6) is 0.767. The number of hydrogen-bond donors (Lipinski definition) is 2. The largest absolute Gasteiger partial charge is 0.495 e. The average Bonchev–Trinajstić information content (AvgIpc) is 2.37. The van der Waals surface area contributed by atoms with Crippen LogP contribution in [0, 0.1) is 0 Å². The molecule has 0 atom stereocenters. The Kier molecular flexibility index (Phi) is 3.95. The van der Waals surface area contributed by atoms with E-state index in [9.17, 15) is 0 Å². The summed E-state index contributed by atoms with van der Waals surface area (Å²) in [5.41, 5.74) is 8.47. The van der Waals surface area contributed by atoms with Crippen LogP contribution in [0.4, 0.5) is 11.4 Å². The van der Waals surface area contributed by atoms with Crippen LogP contribution in [0.15, 0.2) is 42.5 Å². The SMILES string of the molecule is COc1ccc(Cl)cc1NCc1cccc(N)c1. The minimum Gasteiger partial charge on any atom is -0.495 e. The Balaban J connectivity index is 2.12. The summed E-state index contributed by atoms with van der Waals surface area (Å²) >= 11 is 5.97. The highest BCUT2D eigenvalue weighted by atomic mass is 35.5. The van der Waals surface area contributed by atoms with Crippen LogP contribution in [0.1, 0.15) is 5.56 Å². The lowest BCUT2D eigenvalue weighted by atomic mass is 10.2. The third-order valence-electron chi connectivity index (χ3n) is 2.60. The first-order valence-electron chi connectivity index (χ1n) is 5.61. The first-order valence-corrected chi connectivity index (χ1v) is 5.98. The number of rotatable bonds is 4. The van der Waals surface area contributed by atoms with Gasteiger partial charge in [-0.1, -0.05) is 23.7 Å². The molecule has 18 heavy (non-hydrogen) atoms. The first-order chi connectivity index (χ1) is 8.69. The molecule has 4 heteroatoms. The van der Waals surface area contributed by atoms with Gasteiger partial charge in [0, 0.05) is 17.3 Å². The van der Waals surface area contributed by atoms with Crippen LogP contribution in [0.5, 0.6) is 5.75 Å². The third kappa shape index (κ3) is 3.08. The smallest absolute Gasteiger partial charge is 0.142 e. The van der Waals surface area contributed by atoms with Crippen LogP contribution >= 0.6 is 11.6 Å². The van der Waals surface area contributed by atoms with E-state index in [-0.39, 0.29) is 0 Å². The second-order valence-electron chi connectivity index (χ2n) is 3.94. The summed E-state index contributed by atoms with van der Waals surface area (Å²) in [7, 11) is 1.63. The van der Waals surface area contributed by atoms with Crippen LogP contribution < -0.4 is 15.8 Å². The summed E-state index contributed by atoms with van der Waals surface area (Å²) in [5, 5.41) is 3.96. The van der Waals surface area contributed by atoms with Gasteiger partial charge in [0.05, 0.1) is 12.8 Å². The van der Waals surface area contributed by atoms with E-state index in [1.807, 2.05) is 36.4 Å². The molecule has 0 saturated carbocycles. The summed E-state index contributed by atoms with van der Waals surface area (Å²) in [6, 6.07) is 13.2. The second kappa shape index (κ2) is 5.65. The highest BCUT2D eigenvalue weighted by molar-refractivity contribution is 6.30. The molecule has 0 heterocycles. The molecule has 3 nitrogen and oxygen atoms in total. The fourth-order valence-corrected chi connectivity index (χ4v) is 1.89. The summed E-state index contributed by atoms with van der Waals surface area (Å²) < 4.78 is 5.27. The zero-order valence-corrected chi connectivity index (χ0v) is 10.9. The molecule has 0 amide bonds. The predicted molar refractivity (Wildman–Crippen MR) is 76.2 cm³/mol. The fourth-order valence-electron chi connectivity index (χ4n) is 1.72. The number of nitrogens with two attached hydrogens (primary N) is 1. The number of halogens is 1. The first kappa shape index (κ1) is 12.6. The van der Waals surface area contributed by atoms with Gasteiger partial charge in [-0.15, -0.1) is 0 Å². The lowest BCUT2D eigenvalue weighted by Crippen LogP contribution is -2.01. The van der Waals surface area contributed by atoms with Gasteiger partial charge in [-0.2, -0.15) is 0 Å². The zero-order valence-electron chi connectivity index (χ0n) is 10.1. The Morgan fingerprint density at radius 2 is 2.06 bits per heavy atom. The van der Waals surface area contributed by atoms with Gasteiger partial charge in [-0.05, 0) is 35.9 Å². The highest BCUT2D eigenvalue weighted by Gasteiger charge is 2.03. The van der Waals surface area contributed by atoms with Crippen molar-refractivity contribution in [3.8, 4) is 5.75 Å². The van der Waals surface area contributed by atoms with E-state index >= 15 is 0 Å². The number of methoxy groups -OCH3 is 1. The lowest BCUT2D eigenvalue weighted by Gasteiger charge is -2.11. The Morgan fingerprint density at radius 1 is 1.22 bits per heavy atom. The standard InChI is InChI=1S/C14H15ClN2O/c1-18-14-6-5-11(15)8-13(14)17-9-10-3-2-4-12(16)7-10/h2-8,17H,9,16H2,1H3. The van der Waals surface area contributed by atoms with E-state index < -0.39 is 0 Å². The second-order valence-corrected chi connectivity index (χ2v) is 4.38. The number of nitrogen functional groups attached to an aromatic ring is 1. The van der Waals surface area contributed by atoms with Crippen LogP contribution in [0.3, 0.4) is 0 Å². The van der Waals surface area contributed by atoms with E-state index in [0.717, 1.165) is 22.7 Å². The van der Waals surface area contributed by atoms with Crippen molar-refractivity contribution in [2.45, 2.75) is 6.54 Å². The summed E-state index contributed by atoms with van der Waals surface area (Å²) in [6.07, 6.45) is 0. The van der Waals surface area contributed by atoms with Gasteiger partial charge >= 0.3 is 0 Å². The molecule has 94 valence electrons. The third-order valence-corrected chi connectivity index (χ3v) is 2.83. The molecule has 2 aromatic rings. The number of hydrogen-bond acceptors (Lipinski definition) is 3. The fraction of sp³-hybridized carbons (Fsp3) is 0.143. The normalized spacial score (nSPS) is 10.1. The lowest BCUT2D eigenvalue weighted by molar-refractivity contribution is 0.416. The summed E-state index contributed by atoms with van der Waals surface area (Å²) in [6.45, 7) is 0.668. The van der Waals surface area contributed by atoms with E-state index in [0.29, 0.717) is 11.6 Å². The van der Waals surface area contributed by atoms with Gasteiger partial charge in [-0.25, -0.2) is 0 Å². The van der Waals surface area contributed by atoms with Crippen molar-refractivity contribution in [2.75, 3.05) is 18.2 Å². The summed E-state index contributed by atoms with van der Waals surface area (Å²) in [4.78, 5) is 0. The van der Waals surface area contributed by atoms with Crippen molar-refractivity contribution in [3.05, 3.63) is 53.1 Å². The van der Waals surface area contributed by atoms with Gasteiger partial charge in [-0.3, -0.25) is 0 Å². The predicted octanol–water partition coefficient (Wildman–Crippen LogP) is 3.54. The molecule has 0 fully saturated rings. The molecule has 0 bridgehead atoms. The van der Waals surface area contributed by atoms with Crippen LogP contribution in [0.2, 0.25) is 5.02 Å². The van der Waals surface area contributed by atoms with E-state index in [2.05, 4.69) is 5.32 Å². The van der Waals surface area contributed by atoms with E-state index in [4.69, 9.17) is 22.1 Å². The molecule has 0 spiro atoms. The molecule has 0 unspecified atom stereocenters. The van der Waals surface area contributed by atoms with Crippen molar-refractivity contribution in [2.24, 2.45) is 0 Å². The topological polar surface area (TPSA) is 47.3 Å². The van der Waals surface area contributed by atoms with Crippen molar-refractivity contribution >= 4 is 23.0 Å². The molecular formula is C14H15ClN2O. The van der Waals surface area contributed by atoms with Crippen molar-refractivity contribution in [3.63, 3.8) is 0 Å². The Hall–Kier alpha value is -1.87. The quantitative estimate of drug-likeness (QED) is 0.829. The molecule has 0 radical (unpaired) electrons. The van der Waals surface area contributed by atoms with Gasteiger partial charge in [0.15, 0.2) is 0 Å². The maximum Gasteiger partial charge on any atom is 0.142 e. The zero-order chi connectivity index (χ0) is 13.0. The molecule has 0 saturated heterocycles. The van der Waals surface area contributed by atoms with Crippen LogP contribution in [-0.4, -0.2) is 7.11 Å². The Bertz CT molecular complexity index is 543. The maximum atomic E-state index is 5.97. The van der Waals surface area contributed by atoms with Gasteiger partial charge in [0.1, 0.15) is 5.75 Å². The van der Waals surface area contributed by atoms with E-state index in [1.54, 1.807) is 13.2 Å². The molecular weight excluding hydrogens is 248 g/mol. The van der Waals surface area contributed by atoms with Crippen LogP contribution in [0.25, 0.3) is 0 Å². The Morgan fingerprint density at radius 3 is 2.78 bits per heavy atom.